The second kappa shape index (κ2) is 6.16. The van der Waals surface area contributed by atoms with Gasteiger partial charge in [-0.25, -0.2) is 0 Å². The molecule has 2 rings (SSSR count). The SMILES string of the molecule is CC1CN(C)CCC1NCCn1ccccc1=O. The number of hydrogen-bond acceptors (Lipinski definition) is 3. The summed E-state index contributed by atoms with van der Waals surface area (Å²) in [5.41, 5.74) is 0.0794. The van der Waals surface area contributed by atoms with E-state index in [1.165, 1.54) is 6.42 Å². The van der Waals surface area contributed by atoms with E-state index in [1.54, 1.807) is 16.7 Å². The van der Waals surface area contributed by atoms with Crippen LogP contribution in [-0.4, -0.2) is 42.2 Å². The molecule has 1 aromatic heterocycles. The van der Waals surface area contributed by atoms with Gasteiger partial charge in [0.15, 0.2) is 0 Å². The third-order valence-corrected chi connectivity index (χ3v) is 3.77. The van der Waals surface area contributed by atoms with Gasteiger partial charge in [0.05, 0.1) is 0 Å². The van der Waals surface area contributed by atoms with Crippen LogP contribution < -0.4 is 10.9 Å². The molecule has 1 fully saturated rings. The third kappa shape index (κ3) is 3.43. The number of rotatable bonds is 4. The molecule has 0 amide bonds. The van der Waals surface area contributed by atoms with Gasteiger partial charge < -0.3 is 14.8 Å². The molecule has 2 heterocycles. The summed E-state index contributed by atoms with van der Waals surface area (Å²) in [6.45, 7) is 6.22. The first-order chi connectivity index (χ1) is 8.66. The van der Waals surface area contributed by atoms with Crippen LogP contribution in [0.1, 0.15) is 13.3 Å². The lowest BCUT2D eigenvalue weighted by Crippen LogP contribution is -2.47. The largest absolute Gasteiger partial charge is 0.314 e. The lowest BCUT2D eigenvalue weighted by atomic mass is 9.94. The van der Waals surface area contributed by atoms with Crippen molar-refractivity contribution in [3.63, 3.8) is 0 Å². The van der Waals surface area contributed by atoms with E-state index in [1.807, 2.05) is 12.3 Å². The normalized spacial score (nSPS) is 25.2. The van der Waals surface area contributed by atoms with Gasteiger partial charge in [0.25, 0.3) is 5.56 Å². The molecule has 0 aliphatic carbocycles. The molecule has 2 atom stereocenters. The van der Waals surface area contributed by atoms with Gasteiger partial charge in [0.1, 0.15) is 0 Å². The molecule has 1 aliphatic heterocycles. The van der Waals surface area contributed by atoms with Gasteiger partial charge >= 0.3 is 0 Å². The smallest absolute Gasteiger partial charge is 0.250 e. The third-order valence-electron chi connectivity index (χ3n) is 3.77. The fourth-order valence-corrected chi connectivity index (χ4v) is 2.67. The average molecular weight is 249 g/mol. The summed E-state index contributed by atoms with van der Waals surface area (Å²) in [6.07, 6.45) is 3.05. The van der Waals surface area contributed by atoms with Gasteiger partial charge in [-0.1, -0.05) is 13.0 Å². The van der Waals surface area contributed by atoms with E-state index < -0.39 is 0 Å². The van der Waals surface area contributed by atoms with Crippen molar-refractivity contribution in [3.05, 3.63) is 34.7 Å². The summed E-state index contributed by atoms with van der Waals surface area (Å²) in [6, 6.07) is 5.88. The summed E-state index contributed by atoms with van der Waals surface area (Å²) >= 11 is 0. The van der Waals surface area contributed by atoms with E-state index >= 15 is 0 Å². The molecule has 0 spiro atoms. The molecule has 1 N–H and O–H groups in total. The van der Waals surface area contributed by atoms with E-state index in [4.69, 9.17) is 0 Å². The Bertz CT molecular complexity index is 429. The molecule has 2 unspecified atom stereocenters. The summed E-state index contributed by atoms with van der Waals surface area (Å²) in [7, 11) is 2.18. The Kier molecular flexibility index (Phi) is 4.55. The van der Waals surface area contributed by atoms with Crippen LogP contribution in [0.3, 0.4) is 0 Å². The van der Waals surface area contributed by atoms with Crippen molar-refractivity contribution in [2.45, 2.75) is 25.9 Å². The van der Waals surface area contributed by atoms with Gasteiger partial charge in [-0.3, -0.25) is 4.79 Å². The minimum Gasteiger partial charge on any atom is -0.314 e. The highest BCUT2D eigenvalue weighted by Crippen LogP contribution is 2.14. The van der Waals surface area contributed by atoms with E-state index in [0.29, 0.717) is 12.0 Å². The lowest BCUT2D eigenvalue weighted by Gasteiger charge is -2.35. The standard InChI is InChI=1S/C14H23N3O/c1-12-11-16(2)9-6-13(12)15-7-10-17-8-4-3-5-14(17)18/h3-5,8,12-13,15H,6-7,9-11H2,1-2H3. The van der Waals surface area contributed by atoms with Gasteiger partial charge in [-0.05, 0) is 32.0 Å². The fraction of sp³-hybridized carbons (Fsp3) is 0.643. The number of piperidine rings is 1. The van der Waals surface area contributed by atoms with Crippen LogP contribution in [0.5, 0.6) is 0 Å². The molecule has 4 nitrogen and oxygen atoms in total. The first-order valence-corrected chi connectivity index (χ1v) is 6.74. The minimum atomic E-state index is 0.0794. The van der Waals surface area contributed by atoms with Crippen molar-refractivity contribution in [2.75, 3.05) is 26.7 Å². The maximum absolute atomic E-state index is 11.5. The Balaban J connectivity index is 1.79. The zero-order valence-electron chi connectivity index (χ0n) is 11.3. The van der Waals surface area contributed by atoms with Crippen LogP contribution in [0, 0.1) is 5.92 Å². The Morgan fingerprint density at radius 3 is 3.00 bits per heavy atom. The predicted octanol–water partition coefficient (Wildman–Crippen LogP) is 0.778. The number of likely N-dealkylation sites (tertiary alicyclic amines) is 1. The average Bonchev–Trinajstić information content (AvgIpc) is 2.34. The second-order valence-electron chi connectivity index (χ2n) is 5.32. The highest BCUT2D eigenvalue weighted by Gasteiger charge is 2.23. The summed E-state index contributed by atoms with van der Waals surface area (Å²) in [4.78, 5) is 13.9. The molecule has 1 aliphatic rings. The van der Waals surface area contributed by atoms with Gasteiger partial charge in [-0.2, -0.15) is 0 Å². The van der Waals surface area contributed by atoms with Crippen LogP contribution >= 0.6 is 0 Å². The van der Waals surface area contributed by atoms with Crippen molar-refractivity contribution in [1.82, 2.24) is 14.8 Å². The monoisotopic (exact) mass is 249 g/mol. The number of nitrogens with one attached hydrogen (secondary N) is 1. The summed E-state index contributed by atoms with van der Waals surface area (Å²) in [5, 5.41) is 3.58. The zero-order valence-corrected chi connectivity index (χ0v) is 11.3. The Morgan fingerprint density at radius 1 is 1.44 bits per heavy atom. The number of hydrogen-bond donors (Lipinski definition) is 1. The van der Waals surface area contributed by atoms with Crippen LogP contribution in [0.2, 0.25) is 0 Å². The first kappa shape index (κ1) is 13.3. The molecule has 1 aromatic rings. The maximum Gasteiger partial charge on any atom is 0.250 e. The van der Waals surface area contributed by atoms with Crippen LogP contribution in [0.15, 0.2) is 29.2 Å². The maximum atomic E-state index is 11.5. The molecule has 0 bridgehead atoms. The molecule has 1 saturated heterocycles. The summed E-state index contributed by atoms with van der Waals surface area (Å²) in [5.74, 6) is 0.677. The molecule has 100 valence electrons. The molecular weight excluding hydrogens is 226 g/mol. The second-order valence-corrected chi connectivity index (χ2v) is 5.32. The van der Waals surface area contributed by atoms with E-state index in [9.17, 15) is 4.79 Å². The van der Waals surface area contributed by atoms with Crippen molar-refractivity contribution in [2.24, 2.45) is 5.92 Å². The van der Waals surface area contributed by atoms with Crippen molar-refractivity contribution < 1.29 is 0 Å². The van der Waals surface area contributed by atoms with Gasteiger partial charge in [0.2, 0.25) is 0 Å². The Hall–Kier alpha value is -1.13. The highest BCUT2D eigenvalue weighted by molar-refractivity contribution is 4.93. The molecule has 0 radical (unpaired) electrons. The van der Waals surface area contributed by atoms with E-state index in [-0.39, 0.29) is 5.56 Å². The number of nitrogens with zero attached hydrogens (tertiary/aromatic N) is 2. The molecule has 4 heteroatoms. The summed E-state index contributed by atoms with van der Waals surface area (Å²) < 4.78 is 1.76. The Labute approximate surface area is 109 Å². The van der Waals surface area contributed by atoms with Crippen LogP contribution in [-0.2, 0) is 6.54 Å². The van der Waals surface area contributed by atoms with Crippen molar-refractivity contribution >= 4 is 0 Å². The molecule has 0 saturated carbocycles. The predicted molar refractivity (Wildman–Crippen MR) is 73.8 cm³/mol. The number of pyridine rings is 1. The van der Waals surface area contributed by atoms with E-state index in [0.717, 1.165) is 26.2 Å². The van der Waals surface area contributed by atoms with Crippen molar-refractivity contribution in [3.8, 4) is 0 Å². The van der Waals surface area contributed by atoms with Gasteiger partial charge in [0, 0.05) is 37.9 Å². The zero-order chi connectivity index (χ0) is 13.0. The first-order valence-electron chi connectivity index (χ1n) is 6.74. The minimum absolute atomic E-state index is 0.0794. The fourth-order valence-electron chi connectivity index (χ4n) is 2.67. The molecule has 18 heavy (non-hydrogen) atoms. The topological polar surface area (TPSA) is 37.3 Å². The van der Waals surface area contributed by atoms with Crippen LogP contribution in [0.25, 0.3) is 0 Å². The van der Waals surface area contributed by atoms with E-state index in [2.05, 4.69) is 24.2 Å². The number of aromatic nitrogens is 1. The van der Waals surface area contributed by atoms with Crippen LogP contribution in [0.4, 0.5) is 0 Å². The molecular formula is C14H23N3O. The lowest BCUT2D eigenvalue weighted by molar-refractivity contribution is 0.174. The van der Waals surface area contributed by atoms with Crippen molar-refractivity contribution in [1.29, 1.82) is 0 Å². The Morgan fingerprint density at radius 2 is 2.28 bits per heavy atom. The van der Waals surface area contributed by atoms with Gasteiger partial charge in [-0.15, -0.1) is 0 Å². The highest BCUT2D eigenvalue weighted by atomic mass is 16.1. The quantitative estimate of drug-likeness (QED) is 0.857. The molecule has 0 aromatic carbocycles.